The van der Waals surface area contributed by atoms with Crippen molar-refractivity contribution in [2.45, 2.75) is 51.9 Å². The third-order valence-electron chi connectivity index (χ3n) is 3.14. The molecule has 0 N–H and O–H groups in total. The molecule has 0 unspecified atom stereocenters. The Morgan fingerprint density at radius 3 is 2.14 bits per heavy atom. The van der Waals surface area contributed by atoms with E-state index >= 15 is 0 Å². The van der Waals surface area contributed by atoms with E-state index in [0.717, 1.165) is 17.4 Å². The van der Waals surface area contributed by atoms with Crippen molar-refractivity contribution in [3.8, 4) is 0 Å². The van der Waals surface area contributed by atoms with E-state index in [1.165, 1.54) is 37.7 Å². The van der Waals surface area contributed by atoms with Gasteiger partial charge in [0, 0.05) is 12.1 Å². The molecule has 1 heterocycles. The van der Waals surface area contributed by atoms with Crippen LogP contribution in [0.4, 0.5) is 0 Å². The van der Waals surface area contributed by atoms with Gasteiger partial charge in [-0.05, 0) is 24.3 Å². The van der Waals surface area contributed by atoms with Crippen molar-refractivity contribution in [3.05, 3.63) is 29.2 Å². The highest BCUT2D eigenvalue weighted by Crippen LogP contribution is 2.33. The van der Waals surface area contributed by atoms with Gasteiger partial charge in [-0.1, -0.05) is 19.3 Å². The molecule has 1 aromatic rings. The molecule has 0 aromatic carbocycles. The standard InChI is InChI=1S/C13H19O/c1-10-8-13(9-11(2)14-10)12-6-4-3-5-7-12/h8-9,12H,3-7H2,1-2H3/q+1. The summed E-state index contributed by atoms with van der Waals surface area (Å²) in [5.41, 5.74) is 1.49. The summed E-state index contributed by atoms with van der Waals surface area (Å²) < 4.78 is 5.51. The second-order valence-corrected chi connectivity index (χ2v) is 4.45. The maximum Gasteiger partial charge on any atom is 0.326 e. The first kappa shape index (κ1) is 9.70. The van der Waals surface area contributed by atoms with Crippen molar-refractivity contribution in [3.63, 3.8) is 0 Å². The Kier molecular flexibility index (Phi) is 2.85. The molecule has 1 aromatic heterocycles. The summed E-state index contributed by atoms with van der Waals surface area (Å²) >= 11 is 0. The summed E-state index contributed by atoms with van der Waals surface area (Å²) in [7, 11) is 0. The van der Waals surface area contributed by atoms with Gasteiger partial charge in [-0.15, -0.1) is 0 Å². The monoisotopic (exact) mass is 191 g/mol. The average Bonchev–Trinajstić information content (AvgIpc) is 2.18. The van der Waals surface area contributed by atoms with Gasteiger partial charge in [0.15, 0.2) is 0 Å². The minimum Gasteiger partial charge on any atom is -0.218 e. The Labute approximate surface area is 86.1 Å². The van der Waals surface area contributed by atoms with Gasteiger partial charge in [0.1, 0.15) is 0 Å². The minimum atomic E-state index is 0.789. The lowest BCUT2D eigenvalue weighted by molar-refractivity contribution is 0.432. The zero-order valence-electron chi connectivity index (χ0n) is 9.18. The molecule has 1 saturated carbocycles. The first-order valence-electron chi connectivity index (χ1n) is 5.67. The van der Waals surface area contributed by atoms with E-state index < -0.39 is 0 Å². The van der Waals surface area contributed by atoms with E-state index in [4.69, 9.17) is 4.42 Å². The van der Waals surface area contributed by atoms with Crippen molar-refractivity contribution >= 4 is 0 Å². The van der Waals surface area contributed by atoms with E-state index in [-0.39, 0.29) is 0 Å². The van der Waals surface area contributed by atoms with Crippen LogP contribution >= 0.6 is 0 Å². The van der Waals surface area contributed by atoms with E-state index in [2.05, 4.69) is 12.1 Å². The SMILES string of the molecule is Cc1cc(C2CCCCC2)cc(C)[o+]1. The molecule has 1 aliphatic carbocycles. The second-order valence-electron chi connectivity index (χ2n) is 4.45. The molecule has 1 fully saturated rings. The summed E-state index contributed by atoms with van der Waals surface area (Å²) in [6, 6.07) is 4.42. The van der Waals surface area contributed by atoms with Gasteiger partial charge in [0.25, 0.3) is 0 Å². The topological polar surface area (TPSA) is 11.3 Å². The van der Waals surface area contributed by atoms with E-state index in [1.807, 2.05) is 13.8 Å². The normalized spacial score (nSPS) is 18.4. The number of hydrogen-bond acceptors (Lipinski definition) is 0. The Balaban J connectivity index is 2.21. The van der Waals surface area contributed by atoms with Crippen molar-refractivity contribution in [1.82, 2.24) is 0 Å². The molecular formula is C13H19O+. The van der Waals surface area contributed by atoms with Crippen LogP contribution < -0.4 is 0 Å². The Morgan fingerprint density at radius 1 is 1.00 bits per heavy atom. The van der Waals surface area contributed by atoms with Gasteiger partial charge in [-0.25, -0.2) is 4.42 Å². The van der Waals surface area contributed by atoms with Crippen LogP contribution in [0.25, 0.3) is 0 Å². The molecule has 76 valence electrons. The Morgan fingerprint density at radius 2 is 1.57 bits per heavy atom. The van der Waals surface area contributed by atoms with Crippen molar-refractivity contribution in [2.24, 2.45) is 0 Å². The molecule has 0 spiro atoms. The highest BCUT2D eigenvalue weighted by Gasteiger charge is 2.19. The Hall–Kier alpha value is -0.850. The summed E-state index contributed by atoms with van der Waals surface area (Å²) in [5, 5.41) is 0. The molecule has 0 aliphatic heterocycles. The molecule has 0 bridgehead atoms. The summed E-state index contributed by atoms with van der Waals surface area (Å²) in [6.45, 7) is 4.08. The average molecular weight is 191 g/mol. The van der Waals surface area contributed by atoms with Gasteiger partial charge < -0.3 is 0 Å². The number of hydrogen-bond donors (Lipinski definition) is 0. The van der Waals surface area contributed by atoms with Crippen molar-refractivity contribution < 1.29 is 4.42 Å². The van der Waals surface area contributed by atoms with Crippen LogP contribution in [0.3, 0.4) is 0 Å². The fourth-order valence-corrected chi connectivity index (χ4v) is 2.50. The molecular weight excluding hydrogens is 172 g/mol. The van der Waals surface area contributed by atoms with Crippen molar-refractivity contribution in [1.29, 1.82) is 0 Å². The van der Waals surface area contributed by atoms with Gasteiger partial charge in [0.2, 0.25) is 0 Å². The lowest BCUT2D eigenvalue weighted by Crippen LogP contribution is -2.04. The number of aryl methyl sites for hydroxylation is 2. The van der Waals surface area contributed by atoms with E-state index in [1.54, 1.807) is 0 Å². The lowest BCUT2D eigenvalue weighted by atomic mass is 9.84. The molecule has 1 aliphatic rings. The van der Waals surface area contributed by atoms with Gasteiger partial charge in [0.05, 0.1) is 13.8 Å². The van der Waals surface area contributed by atoms with Gasteiger partial charge in [-0.3, -0.25) is 0 Å². The van der Waals surface area contributed by atoms with Crippen LogP contribution in [0.5, 0.6) is 0 Å². The zero-order chi connectivity index (χ0) is 9.97. The zero-order valence-corrected chi connectivity index (χ0v) is 9.18. The van der Waals surface area contributed by atoms with Crippen LogP contribution in [0.2, 0.25) is 0 Å². The fraction of sp³-hybridized carbons (Fsp3) is 0.615. The maximum absolute atomic E-state index is 5.51. The highest BCUT2D eigenvalue weighted by atomic mass is 16.3. The van der Waals surface area contributed by atoms with Crippen LogP contribution in [-0.2, 0) is 0 Å². The smallest absolute Gasteiger partial charge is 0.218 e. The Bertz CT molecular complexity index is 291. The molecule has 2 rings (SSSR count). The molecule has 0 radical (unpaired) electrons. The quantitative estimate of drug-likeness (QED) is 0.605. The largest absolute Gasteiger partial charge is 0.326 e. The molecule has 0 atom stereocenters. The van der Waals surface area contributed by atoms with Crippen LogP contribution in [-0.4, -0.2) is 0 Å². The third kappa shape index (κ3) is 2.14. The highest BCUT2D eigenvalue weighted by molar-refractivity contribution is 5.21. The first-order valence-corrected chi connectivity index (χ1v) is 5.67. The maximum atomic E-state index is 5.51. The number of rotatable bonds is 1. The predicted octanol–water partition coefficient (Wildman–Crippen LogP) is 4.23. The second kappa shape index (κ2) is 4.12. The van der Waals surface area contributed by atoms with Crippen LogP contribution in [0.1, 0.15) is 55.1 Å². The first-order chi connectivity index (χ1) is 6.75. The lowest BCUT2D eigenvalue weighted by Gasteiger charge is -2.20. The molecule has 14 heavy (non-hydrogen) atoms. The molecule has 0 saturated heterocycles. The van der Waals surface area contributed by atoms with E-state index in [9.17, 15) is 0 Å². The van der Waals surface area contributed by atoms with Gasteiger partial charge >= 0.3 is 11.5 Å². The summed E-state index contributed by atoms with van der Waals surface area (Å²) in [4.78, 5) is 0. The molecule has 0 amide bonds. The predicted molar refractivity (Wildman–Crippen MR) is 58.4 cm³/mol. The van der Waals surface area contributed by atoms with E-state index in [0.29, 0.717) is 0 Å². The van der Waals surface area contributed by atoms with Crippen LogP contribution in [0, 0.1) is 13.8 Å². The summed E-state index contributed by atoms with van der Waals surface area (Å²) in [5.74, 6) is 2.88. The molecule has 1 heteroatoms. The van der Waals surface area contributed by atoms with Crippen molar-refractivity contribution in [2.75, 3.05) is 0 Å². The minimum absolute atomic E-state index is 0.789. The molecule has 1 nitrogen and oxygen atoms in total. The van der Waals surface area contributed by atoms with Gasteiger partial charge in [-0.2, -0.15) is 0 Å². The third-order valence-corrected chi connectivity index (χ3v) is 3.14. The fourth-order valence-electron chi connectivity index (χ4n) is 2.50. The van der Waals surface area contributed by atoms with Crippen LogP contribution in [0.15, 0.2) is 16.5 Å². The summed E-state index contributed by atoms with van der Waals surface area (Å²) in [6.07, 6.45) is 6.95.